The summed E-state index contributed by atoms with van der Waals surface area (Å²) in [6.07, 6.45) is 1.30. The molecule has 0 aromatic heterocycles. The lowest BCUT2D eigenvalue weighted by atomic mass is 10.1. The quantitative estimate of drug-likeness (QED) is 0.461. The summed E-state index contributed by atoms with van der Waals surface area (Å²) >= 11 is 5.84. The fourth-order valence-corrected chi connectivity index (χ4v) is 1.35. The Kier molecular flexibility index (Phi) is 4.19. The lowest BCUT2D eigenvalue weighted by Crippen LogP contribution is -2.09. The van der Waals surface area contributed by atoms with Crippen molar-refractivity contribution in [2.24, 2.45) is 0 Å². The van der Waals surface area contributed by atoms with Crippen molar-refractivity contribution in [3.63, 3.8) is 0 Å². The monoisotopic (exact) mass is 239 g/mol. The lowest BCUT2D eigenvalue weighted by molar-refractivity contribution is -0.417. The Labute approximate surface area is 97.7 Å². The van der Waals surface area contributed by atoms with E-state index >= 15 is 0 Å². The zero-order valence-corrected chi connectivity index (χ0v) is 9.40. The molecule has 4 nitrogen and oxygen atoms in total. The van der Waals surface area contributed by atoms with E-state index in [1.165, 1.54) is 6.08 Å². The smallest absolute Gasteiger partial charge is 0.287 e. The van der Waals surface area contributed by atoms with Crippen molar-refractivity contribution in [1.82, 2.24) is 0 Å². The number of hydrogen-bond donors (Lipinski definition) is 0. The van der Waals surface area contributed by atoms with Crippen LogP contribution < -0.4 is 0 Å². The van der Waals surface area contributed by atoms with E-state index < -0.39 is 16.4 Å². The molecule has 0 aliphatic carbocycles. The molecule has 1 rings (SSSR count). The Balaban J connectivity index is 3.18. The van der Waals surface area contributed by atoms with Crippen LogP contribution in [0.2, 0.25) is 5.02 Å². The number of ketones is 1. The minimum absolute atomic E-state index is 0.0945. The molecule has 0 spiro atoms. The average molecular weight is 240 g/mol. The molecule has 0 heterocycles. The van der Waals surface area contributed by atoms with Crippen LogP contribution in [0.3, 0.4) is 0 Å². The summed E-state index contributed by atoms with van der Waals surface area (Å²) < 4.78 is 0. The topological polar surface area (TPSA) is 60.2 Å². The Morgan fingerprint density at radius 1 is 1.50 bits per heavy atom. The zero-order chi connectivity index (χ0) is 12.1. The molecule has 0 amide bonds. The molecule has 1 aromatic carbocycles. The summed E-state index contributed by atoms with van der Waals surface area (Å²) in [6, 6.07) is 6.65. The van der Waals surface area contributed by atoms with Crippen molar-refractivity contribution in [3.05, 3.63) is 50.7 Å². The number of carbonyl (C=O) groups is 1. The molecular weight excluding hydrogens is 230 g/mol. The van der Waals surface area contributed by atoms with Gasteiger partial charge in [0.2, 0.25) is 5.78 Å². The largest absolute Gasteiger partial charge is 0.312 e. The molecule has 5 heteroatoms. The van der Waals surface area contributed by atoms with Gasteiger partial charge in [-0.05, 0) is 11.6 Å². The van der Waals surface area contributed by atoms with Crippen LogP contribution in [0.5, 0.6) is 0 Å². The lowest BCUT2D eigenvalue weighted by Gasteiger charge is -1.98. The standard InChI is InChI=1S/C11H10ClNO3/c1-2-11(14)10(13(15)16)7-8-5-3-4-6-9(8)12/h3-7H,2H2,1H3/b10-7-. The van der Waals surface area contributed by atoms with E-state index in [0.717, 1.165) is 0 Å². The van der Waals surface area contributed by atoms with Crippen LogP contribution >= 0.6 is 11.6 Å². The highest BCUT2D eigenvalue weighted by Crippen LogP contribution is 2.19. The van der Waals surface area contributed by atoms with Gasteiger partial charge >= 0.3 is 5.70 Å². The number of carbonyl (C=O) groups excluding carboxylic acids is 1. The summed E-state index contributed by atoms with van der Waals surface area (Å²) in [5.41, 5.74) is 0.0354. The average Bonchev–Trinajstić information content (AvgIpc) is 2.26. The van der Waals surface area contributed by atoms with Gasteiger partial charge in [0.1, 0.15) is 0 Å². The number of rotatable bonds is 4. The first-order valence-electron chi connectivity index (χ1n) is 4.70. The first-order chi connectivity index (χ1) is 7.56. The summed E-state index contributed by atoms with van der Waals surface area (Å²) in [7, 11) is 0. The number of Topliss-reactive ketones (excluding diaryl/α,β-unsaturated/α-hetero) is 1. The van der Waals surface area contributed by atoms with Crippen LogP contribution in [-0.2, 0) is 4.79 Å². The summed E-state index contributed by atoms with van der Waals surface area (Å²) in [5.74, 6) is -0.509. The second-order valence-electron chi connectivity index (χ2n) is 3.08. The first kappa shape index (κ1) is 12.4. The van der Waals surface area contributed by atoms with Gasteiger partial charge in [-0.2, -0.15) is 0 Å². The molecule has 0 aliphatic heterocycles. The molecule has 0 fully saturated rings. The highest BCUT2D eigenvalue weighted by molar-refractivity contribution is 6.32. The van der Waals surface area contributed by atoms with Crippen molar-refractivity contribution in [2.75, 3.05) is 0 Å². The number of allylic oxidation sites excluding steroid dienone is 1. The van der Waals surface area contributed by atoms with Crippen LogP contribution in [0.4, 0.5) is 0 Å². The van der Waals surface area contributed by atoms with E-state index in [4.69, 9.17) is 11.6 Å². The van der Waals surface area contributed by atoms with E-state index in [1.54, 1.807) is 31.2 Å². The third-order valence-electron chi connectivity index (χ3n) is 2.00. The van der Waals surface area contributed by atoms with Crippen molar-refractivity contribution in [3.8, 4) is 0 Å². The van der Waals surface area contributed by atoms with Gasteiger partial charge in [-0.1, -0.05) is 36.7 Å². The molecule has 84 valence electrons. The maximum atomic E-state index is 11.3. The normalized spacial score (nSPS) is 11.2. The number of halogens is 1. The van der Waals surface area contributed by atoms with Crippen molar-refractivity contribution in [2.45, 2.75) is 13.3 Å². The Morgan fingerprint density at radius 2 is 2.12 bits per heavy atom. The maximum absolute atomic E-state index is 11.3. The molecular formula is C11H10ClNO3. The van der Waals surface area contributed by atoms with E-state index in [1.807, 2.05) is 0 Å². The summed E-state index contributed by atoms with van der Waals surface area (Å²) in [5, 5.41) is 11.1. The van der Waals surface area contributed by atoms with Crippen molar-refractivity contribution >= 4 is 23.5 Å². The Bertz CT molecular complexity index is 454. The van der Waals surface area contributed by atoms with Crippen LogP contribution in [0.15, 0.2) is 30.0 Å². The third kappa shape index (κ3) is 2.90. The van der Waals surface area contributed by atoms with Gasteiger partial charge in [-0.15, -0.1) is 0 Å². The second-order valence-corrected chi connectivity index (χ2v) is 3.49. The van der Waals surface area contributed by atoms with Gasteiger partial charge in [-0.3, -0.25) is 14.9 Å². The predicted octanol–water partition coefficient (Wildman–Crippen LogP) is 2.94. The molecule has 0 saturated heterocycles. The Morgan fingerprint density at radius 3 is 2.62 bits per heavy atom. The third-order valence-corrected chi connectivity index (χ3v) is 2.35. The van der Waals surface area contributed by atoms with Gasteiger partial charge in [0.15, 0.2) is 0 Å². The molecule has 16 heavy (non-hydrogen) atoms. The van der Waals surface area contributed by atoms with Crippen LogP contribution in [-0.4, -0.2) is 10.7 Å². The molecule has 0 bridgehead atoms. The predicted molar refractivity (Wildman–Crippen MR) is 61.7 cm³/mol. The first-order valence-corrected chi connectivity index (χ1v) is 5.08. The van der Waals surface area contributed by atoms with Gasteiger partial charge in [0, 0.05) is 17.5 Å². The SMILES string of the molecule is CCC(=O)/C(=C/c1ccccc1Cl)[N+](=O)[O-]. The van der Waals surface area contributed by atoms with E-state index in [0.29, 0.717) is 10.6 Å². The minimum Gasteiger partial charge on any atom is -0.287 e. The number of benzene rings is 1. The maximum Gasteiger partial charge on any atom is 0.312 e. The molecule has 0 radical (unpaired) electrons. The number of nitro groups is 1. The van der Waals surface area contributed by atoms with E-state index in [-0.39, 0.29) is 6.42 Å². The van der Waals surface area contributed by atoms with E-state index in [2.05, 4.69) is 0 Å². The molecule has 0 N–H and O–H groups in total. The fourth-order valence-electron chi connectivity index (χ4n) is 1.16. The summed E-state index contributed by atoms with van der Waals surface area (Å²) in [6.45, 7) is 1.58. The number of nitrogens with zero attached hydrogens (tertiary/aromatic N) is 1. The zero-order valence-electron chi connectivity index (χ0n) is 8.64. The van der Waals surface area contributed by atoms with Gasteiger partial charge in [0.05, 0.1) is 4.92 Å². The minimum atomic E-state index is -0.685. The van der Waals surface area contributed by atoms with Gasteiger partial charge in [-0.25, -0.2) is 0 Å². The second kappa shape index (κ2) is 5.42. The molecule has 0 aliphatic rings. The van der Waals surface area contributed by atoms with E-state index in [9.17, 15) is 14.9 Å². The Hall–Kier alpha value is -1.68. The van der Waals surface area contributed by atoms with Crippen molar-refractivity contribution < 1.29 is 9.72 Å². The highest BCUT2D eigenvalue weighted by atomic mass is 35.5. The van der Waals surface area contributed by atoms with Crippen LogP contribution in [0.25, 0.3) is 6.08 Å². The fraction of sp³-hybridized carbons (Fsp3) is 0.182. The van der Waals surface area contributed by atoms with Gasteiger partial charge in [0.25, 0.3) is 0 Å². The van der Waals surface area contributed by atoms with Crippen molar-refractivity contribution in [1.29, 1.82) is 0 Å². The summed E-state index contributed by atoms with van der Waals surface area (Å²) in [4.78, 5) is 21.3. The highest BCUT2D eigenvalue weighted by Gasteiger charge is 2.19. The molecule has 0 saturated carbocycles. The van der Waals surface area contributed by atoms with Gasteiger partial charge < -0.3 is 0 Å². The van der Waals surface area contributed by atoms with Crippen LogP contribution in [0.1, 0.15) is 18.9 Å². The number of hydrogen-bond acceptors (Lipinski definition) is 3. The molecule has 1 aromatic rings. The molecule has 0 atom stereocenters. The van der Waals surface area contributed by atoms with Crippen LogP contribution in [0, 0.1) is 10.1 Å². The molecule has 0 unspecified atom stereocenters.